The summed E-state index contributed by atoms with van der Waals surface area (Å²) in [6.07, 6.45) is 3.74. The molecule has 0 radical (unpaired) electrons. The molecule has 13 heavy (non-hydrogen) atoms. The van der Waals surface area contributed by atoms with Crippen LogP contribution in [-0.2, 0) is 6.42 Å². The van der Waals surface area contributed by atoms with E-state index in [1.165, 1.54) is 12.0 Å². The number of fused-ring (bicyclic) bond motifs is 3. The second-order valence-electron chi connectivity index (χ2n) is 3.70. The highest BCUT2D eigenvalue weighted by Gasteiger charge is 2.33. The van der Waals surface area contributed by atoms with Gasteiger partial charge >= 0.3 is 0 Å². The molecule has 0 saturated carbocycles. The molecule has 0 fully saturated rings. The second kappa shape index (κ2) is 2.41. The van der Waals surface area contributed by atoms with Crippen LogP contribution in [0.2, 0.25) is 0 Å². The summed E-state index contributed by atoms with van der Waals surface area (Å²) in [5.74, 6) is 3.16. The third kappa shape index (κ3) is 1.01. The van der Waals surface area contributed by atoms with Gasteiger partial charge in [-0.05, 0) is 18.6 Å². The van der Waals surface area contributed by atoms with Gasteiger partial charge in [-0.15, -0.1) is 0 Å². The second-order valence-corrected chi connectivity index (χ2v) is 3.70. The van der Waals surface area contributed by atoms with Crippen molar-refractivity contribution in [1.29, 1.82) is 0 Å². The molecule has 68 valence electrons. The summed E-state index contributed by atoms with van der Waals surface area (Å²) in [4.78, 5) is 0. The Hall–Kier alpha value is -1.18. The van der Waals surface area contributed by atoms with E-state index in [2.05, 4.69) is 6.92 Å². The first-order valence-electron chi connectivity index (χ1n) is 4.89. The number of benzene rings is 1. The summed E-state index contributed by atoms with van der Waals surface area (Å²) in [5.41, 5.74) is 1.29. The van der Waals surface area contributed by atoms with E-state index in [0.717, 1.165) is 30.1 Å². The van der Waals surface area contributed by atoms with Crippen molar-refractivity contribution in [2.24, 2.45) is 0 Å². The van der Waals surface area contributed by atoms with Gasteiger partial charge in [-0.1, -0.05) is 13.3 Å². The largest absolute Gasteiger partial charge is 0.490 e. The Balaban J connectivity index is 1.89. The van der Waals surface area contributed by atoms with E-state index < -0.39 is 0 Å². The molecule has 2 heterocycles. The normalized spacial score (nSPS) is 21.5. The lowest BCUT2D eigenvalue weighted by Crippen LogP contribution is -2.11. The first kappa shape index (κ1) is 7.25. The molecule has 0 amide bonds. The molecule has 2 aliphatic rings. The Labute approximate surface area is 77.5 Å². The van der Waals surface area contributed by atoms with Gasteiger partial charge in [0.15, 0.2) is 11.5 Å². The standard InChI is InChI=1S/C11H12O2/c1-2-3-7-6-8-9(12-7)4-5-10-11(8)13-10/h4-5,7H,2-3,6H2,1H3/t7-/m0/s1. The van der Waals surface area contributed by atoms with Crippen LogP contribution in [0.4, 0.5) is 0 Å². The minimum atomic E-state index is 0.385. The van der Waals surface area contributed by atoms with Gasteiger partial charge in [0.2, 0.25) is 0 Å². The van der Waals surface area contributed by atoms with Crippen LogP contribution in [0.15, 0.2) is 12.1 Å². The fraction of sp³-hybridized carbons (Fsp3) is 0.455. The first-order valence-corrected chi connectivity index (χ1v) is 4.89. The van der Waals surface area contributed by atoms with Crippen LogP contribution >= 0.6 is 0 Å². The van der Waals surface area contributed by atoms with Crippen molar-refractivity contribution < 1.29 is 9.47 Å². The summed E-state index contributed by atoms with van der Waals surface area (Å²) >= 11 is 0. The summed E-state index contributed by atoms with van der Waals surface area (Å²) in [6, 6.07) is 4.01. The maximum atomic E-state index is 5.78. The summed E-state index contributed by atoms with van der Waals surface area (Å²) in [6.45, 7) is 2.19. The molecular weight excluding hydrogens is 164 g/mol. The third-order valence-electron chi connectivity index (χ3n) is 2.69. The molecule has 3 rings (SSSR count). The molecule has 0 saturated heterocycles. The maximum Gasteiger partial charge on any atom is 0.177 e. The number of hydrogen-bond donors (Lipinski definition) is 0. The van der Waals surface area contributed by atoms with E-state index in [4.69, 9.17) is 9.47 Å². The molecule has 1 aromatic rings. The van der Waals surface area contributed by atoms with Crippen LogP contribution in [0.3, 0.4) is 0 Å². The zero-order chi connectivity index (χ0) is 8.84. The predicted octanol–water partition coefficient (Wildman–Crippen LogP) is 2.90. The van der Waals surface area contributed by atoms with Gasteiger partial charge < -0.3 is 9.47 Å². The van der Waals surface area contributed by atoms with Crippen LogP contribution in [0.25, 0.3) is 0 Å². The molecule has 2 heteroatoms. The predicted molar refractivity (Wildman–Crippen MR) is 49.5 cm³/mol. The van der Waals surface area contributed by atoms with Gasteiger partial charge in [-0.25, -0.2) is 0 Å². The van der Waals surface area contributed by atoms with E-state index in [-0.39, 0.29) is 0 Å². The van der Waals surface area contributed by atoms with Crippen LogP contribution in [0.1, 0.15) is 25.3 Å². The van der Waals surface area contributed by atoms with Gasteiger partial charge in [0.1, 0.15) is 11.9 Å². The van der Waals surface area contributed by atoms with E-state index in [1.54, 1.807) is 0 Å². The Morgan fingerprint density at radius 2 is 2.23 bits per heavy atom. The fourth-order valence-corrected chi connectivity index (χ4v) is 2.00. The van der Waals surface area contributed by atoms with Crippen LogP contribution in [0, 0.1) is 0 Å². The third-order valence-corrected chi connectivity index (χ3v) is 2.69. The van der Waals surface area contributed by atoms with Crippen LogP contribution < -0.4 is 9.47 Å². The quantitative estimate of drug-likeness (QED) is 0.656. The summed E-state index contributed by atoms with van der Waals surface area (Å²) < 4.78 is 11.1. The van der Waals surface area contributed by atoms with E-state index in [9.17, 15) is 0 Å². The van der Waals surface area contributed by atoms with Crippen LogP contribution in [-0.4, -0.2) is 6.10 Å². The highest BCUT2D eigenvalue weighted by atomic mass is 16.6. The molecule has 1 atom stereocenters. The summed E-state index contributed by atoms with van der Waals surface area (Å²) in [7, 11) is 0. The average Bonchev–Trinajstić information content (AvgIpc) is 2.80. The van der Waals surface area contributed by atoms with Gasteiger partial charge in [0, 0.05) is 12.0 Å². The minimum Gasteiger partial charge on any atom is -0.490 e. The molecule has 0 unspecified atom stereocenters. The number of hydrogen-bond acceptors (Lipinski definition) is 2. The Morgan fingerprint density at radius 3 is 3.08 bits per heavy atom. The highest BCUT2D eigenvalue weighted by molar-refractivity contribution is 5.65. The molecule has 0 aromatic heterocycles. The molecule has 2 aliphatic heterocycles. The van der Waals surface area contributed by atoms with Crippen molar-refractivity contribution in [2.45, 2.75) is 32.3 Å². The van der Waals surface area contributed by atoms with Crippen molar-refractivity contribution in [2.75, 3.05) is 0 Å². The fourth-order valence-electron chi connectivity index (χ4n) is 2.00. The van der Waals surface area contributed by atoms with Gasteiger partial charge in [-0.3, -0.25) is 0 Å². The smallest absolute Gasteiger partial charge is 0.177 e. The minimum absolute atomic E-state index is 0.385. The molecular formula is C11H12O2. The molecule has 0 aliphatic carbocycles. The zero-order valence-corrected chi connectivity index (χ0v) is 7.67. The Morgan fingerprint density at radius 1 is 1.38 bits per heavy atom. The number of rotatable bonds is 2. The molecule has 0 bridgehead atoms. The SMILES string of the molecule is CCC[C@H]1Cc2c(ccc3c2O3)O1. The lowest BCUT2D eigenvalue weighted by molar-refractivity contribution is 0.220. The number of ether oxygens (including phenoxy) is 2. The van der Waals surface area contributed by atoms with Gasteiger partial charge in [0.05, 0.1) is 0 Å². The first-order chi connectivity index (χ1) is 6.38. The van der Waals surface area contributed by atoms with E-state index in [0.29, 0.717) is 6.10 Å². The van der Waals surface area contributed by atoms with E-state index >= 15 is 0 Å². The van der Waals surface area contributed by atoms with Crippen molar-refractivity contribution in [3.05, 3.63) is 17.7 Å². The monoisotopic (exact) mass is 176 g/mol. The van der Waals surface area contributed by atoms with Crippen LogP contribution in [0.5, 0.6) is 17.2 Å². The summed E-state index contributed by atoms with van der Waals surface area (Å²) in [5, 5.41) is 0. The van der Waals surface area contributed by atoms with Crippen molar-refractivity contribution in [3.63, 3.8) is 0 Å². The molecule has 0 N–H and O–H groups in total. The molecule has 1 aromatic carbocycles. The molecule has 2 nitrogen and oxygen atoms in total. The van der Waals surface area contributed by atoms with Crippen molar-refractivity contribution >= 4 is 0 Å². The van der Waals surface area contributed by atoms with Crippen molar-refractivity contribution in [3.8, 4) is 17.2 Å². The topological polar surface area (TPSA) is 21.8 Å². The van der Waals surface area contributed by atoms with Gasteiger partial charge in [0.25, 0.3) is 0 Å². The lowest BCUT2D eigenvalue weighted by Gasteiger charge is -2.07. The van der Waals surface area contributed by atoms with Gasteiger partial charge in [-0.2, -0.15) is 0 Å². The molecule has 0 spiro atoms. The Kier molecular flexibility index (Phi) is 1.34. The average molecular weight is 176 g/mol. The zero-order valence-electron chi connectivity index (χ0n) is 7.67. The lowest BCUT2D eigenvalue weighted by atomic mass is 10.1. The van der Waals surface area contributed by atoms with Crippen molar-refractivity contribution in [1.82, 2.24) is 0 Å². The Bertz CT molecular complexity index is 357. The highest BCUT2D eigenvalue weighted by Crippen LogP contribution is 2.53. The van der Waals surface area contributed by atoms with E-state index in [1.807, 2.05) is 12.1 Å². The maximum absolute atomic E-state index is 5.78.